The summed E-state index contributed by atoms with van der Waals surface area (Å²) in [4.78, 5) is 34.2. The molecule has 1 saturated carbocycles. The molecule has 48 heavy (non-hydrogen) atoms. The number of esters is 1. The van der Waals surface area contributed by atoms with Gasteiger partial charge in [-0.1, -0.05) is 24.4 Å². The maximum absolute atomic E-state index is 13.6. The molecule has 2 atom stereocenters. The van der Waals surface area contributed by atoms with Crippen LogP contribution in [0.2, 0.25) is 0 Å². The van der Waals surface area contributed by atoms with Crippen LogP contribution in [-0.4, -0.2) is 52.3 Å². The summed E-state index contributed by atoms with van der Waals surface area (Å²) in [6.45, 7) is 7.26. The third-order valence-electron chi connectivity index (χ3n) is 8.85. The minimum atomic E-state index is -5.06. The minimum absolute atomic E-state index is 0.0342. The molecule has 5 rings (SSSR count). The standard InChI is InChI=1S/C33H36F6N4O5/c1-5-42(25-10-8-7-9-11-25)29-22(12-21(16-40-29)28-26(18(3)41-48-28)30(44)46-6-2)17-43-19(4)27(47-31(43)45)20-13-23(32(34,35)36)15-24(14-20)33(37,38)39/h12-16,19,25,27H,5-11,17H2,1-4H3/t19-,27-/m0/s1. The van der Waals surface area contributed by atoms with Gasteiger partial charge in [-0.3, -0.25) is 4.90 Å². The van der Waals surface area contributed by atoms with Crippen LogP contribution < -0.4 is 4.90 Å². The molecule has 0 bridgehead atoms. The van der Waals surface area contributed by atoms with Gasteiger partial charge in [0, 0.05) is 29.9 Å². The molecular formula is C33H36F6N4O5. The first kappa shape index (κ1) is 35.0. The van der Waals surface area contributed by atoms with Crippen molar-refractivity contribution in [3.63, 3.8) is 0 Å². The second-order valence-electron chi connectivity index (χ2n) is 12.0. The third kappa shape index (κ3) is 7.09. The SMILES string of the molecule is CCOC(=O)c1c(C)noc1-c1cnc(N(CC)C2CCCCC2)c(CN2C(=O)O[C@H](c3cc(C(F)(F)F)cc(C(F)(F)F)c3)[C@@H]2C)c1. The maximum atomic E-state index is 13.6. The zero-order valence-corrected chi connectivity index (χ0v) is 26.9. The van der Waals surface area contributed by atoms with E-state index in [1.807, 2.05) is 6.92 Å². The number of nitrogens with zero attached hydrogens (tertiary/aromatic N) is 4. The van der Waals surface area contributed by atoms with Gasteiger partial charge < -0.3 is 18.9 Å². The summed E-state index contributed by atoms with van der Waals surface area (Å²) in [5, 5.41) is 3.93. The lowest BCUT2D eigenvalue weighted by Crippen LogP contribution is -2.39. The number of alkyl halides is 6. The molecular weight excluding hydrogens is 646 g/mol. The molecule has 1 aliphatic carbocycles. The number of halogens is 6. The molecule has 3 aromatic rings. The summed E-state index contributed by atoms with van der Waals surface area (Å²) >= 11 is 0. The topological polar surface area (TPSA) is 98.0 Å². The number of aromatic nitrogens is 2. The van der Waals surface area contributed by atoms with E-state index in [4.69, 9.17) is 19.0 Å². The van der Waals surface area contributed by atoms with E-state index >= 15 is 0 Å². The minimum Gasteiger partial charge on any atom is -0.462 e. The van der Waals surface area contributed by atoms with Crippen LogP contribution in [0.25, 0.3) is 11.3 Å². The van der Waals surface area contributed by atoms with Crippen molar-refractivity contribution >= 4 is 17.9 Å². The van der Waals surface area contributed by atoms with E-state index in [0.29, 0.717) is 41.3 Å². The number of carbonyl (C=O) groups is 2. The Labute approximate surface area is 273 Å². The Morgan fingerprint density at radius 1 is 1.02 bits per heavy atom. The number of benzene rings is 1. The third-order valence-corrected chi connectivity index (χ3v) is 8.85. The Morgan fingerprint density at radius 2 is 1.67 bits per heavy atom. The lowest BCUT2D eigenvalue weighted by molar-refractivity contribution is -0.143. The van der Waals surface area contributed by atoms with Crippen molar-refractivity contribution in [3.05, 3.63) is 64.0 Å². The molecule has 3 heterocycles. The normalized spacial score (nSPS) is 19.0. The second-order valence-corrected chi connectivity index (χ2v) is 12.0. The van der Waals surface area contributed by atoms with Gasteiger partial charge in [0.25, 0.3) is 0 Å². The van der Waals surface area contributed by atoms with Gasteiger partial charge in [-0.15, -0.1) is 0 Å². The predicted molar refractivity (Wildman–Crippen MR) is 161 cm³/mol. The number of ether oxygens (including phenoxy) is 2. The first-order valence-electron chi connectivity index (χ1n) is 15.8. The van der Waals surface area contributed by atoms with E-state index in [0.717, 1.165) is 32.1 Å². The molecule has 0 N–H and O–H groups in total. The highest BCUT2D eigenvalue weighted by molar-refractivity contribution is 5.96. The molecule has 2 fully saturated rings. The van der Waals surface area contributed by atoms with Gasteiger partial charge in [0.15, 0.2) is 5.76 Å². The summed E-state index contributed by atoms with van der Waals surface area (Å²) in [7, 11) is 0. The van der Waals surface area contributed by atoms with Crippen molar-refractivity contribution < 1.29 is 49.9 Å². The van der Waals surface area contributed by atoms with Crippen LogP contribution in [0.4, 0.5) is 37.0 Å². The van der Waals surface area contributed by atoms with E-state index in [1.54, 1.807) is 19.9 Å². The van der Waals surface area contributed by atoms with E-state index in [-0.39, 0.29) is 36.6 Å². The fraction of sp³-hybridized carbons (Fsp3) is 0.515. The molecule has 0 radical (unpaired) electrons. The van der Waals surface area contributed by atoms with Crippen molar-refractivity contribution in [2.45, 2.75) is 96.9 Å². The lowest BCUT2D eigenvalue weighted by atomic mass is 9.93. The van der Waals surface area contributed by atoms with Crippen molar-refractivity contribution in [2.24, 2.45) is 0 Å². The Hall–Kier alpha value is -4.30. The number of hydrogen-bond acceptors (Lipinski definition) is 8. The van der Waals surface area contributed by atoms with Gasteiger partial charge in [0.2, 0.25) is 0 Å². The highest BCUT2D eigenvalue weighted by Crippen LogP contribution is 2.42. The van der Waals surface area contributed by atoms with E-state index < -0.39 is 53.3 Å². The highest BCUT2D eigenvalue weighted by Gasteiger charge is 2.44. The van der Waals surface area contributed by atoms with Crippen molar-refractivity contribution in [3.8, 4) is 11.3 Å². The van der Waals surface area contributed by atoms with Gasteiger partial charge >= 0.3 is 24.4 Å². The largest absolute Gasteiger partial charge is 0.462 e. The van der Waals surface area contributed by atoms with E-state index in [9.17, 15) is 35.9 Å². The van der Waals surface area contributed by atoms with Crippen LogP contribution in [0, 0.1) is 6.92 Å². The van der Waals surface area contributed by atoms with Gasteiger partial charge in [0.1, 0.15) is 17.5 Å². The zero-order valence-electron chi connectivity index (χ0n) is 26.9. The Kier molecular flexibility index (Phi) is 9.97. The molecule has 0 unspecified atom stereocenters. The van der Waals surface area contributed by atoms with Crippen molar-refractivity contribution in [1.82, 2.24) is 15.0 Å². The predicted octanol–water partition coefficient (Wildman–Crippen LogP) is 8.50. The summed E-state index contributed by atoms with van der Waals surface area (Å²) in [5.74, 6) is 0.00245. The Balaban J connectivity index is 1.56. The van der Waals surface area contributed by atoms with Gasteiger partial charge in [-0.2, -0.15) is 26.3 Å². The number of rotatable bonds is 9. The molecule has 1 aromatic carbocycles. The number of pyridine rings is 1. The Bertz CT molecular complexity index is 1620. The number of amides is 1. The number of cyclic esters (lactones) is 1. The van der Waals surface area contributed by atoms with Crippen LogP contribution in [-0.2, 0) is 28.4 Å². The van der Waals surface area contributed by atoms with Gasteiger partial charge in [-0.05, 0) is 70.4 Å². The maximum Gasteiger partial charge on any atom is 0.416 e. The quantitative estimate of drug-likeness (QED) is 0.164. The second kappa shape index (κ2) is 13.7. The monoisotopic (exact) mass is 682 g/mol. The number of carbonyl (C=O) groups excluding carboxylic acids is 2. The molecule has 2 aliphatic rings. The molecule has 260 valence electrons. The average Bonchev–Trinajstić information content (AvgIpc) is 3.56. The van der Waals surface area contributed by atoms with Crippen LogP contribution in [0.5, 0.6) is 0 Å². The first-order valence-corrected chi connectivity index (χ1v) is 15.8. The molecule has 1 amide bonds. The van der Waals surface area contributed by atoms with E-state index in [1.165, 1.54) is 18.0 Å². The van der Waals surface area contributed by atoms with Gasteiger partial charge in [-0.25, -0.2) is 14.6 Å². The number of anilines is 1. The van der Waals surface area contributed by atoms with Crippen molar-refractivity contribution in [1.29, 1.82) is 0 Å². The fourth-order valence-corrected chi connectivity index (χ4v) is 6.47. The molecule has 1 aliphatic heterocycles. The van der Waals surface area contributed by atoms with Crippen molar-refractivity contribution in [2.75, 3.05) is 18.1 Å². The van der Waals surface area contributed by atoms with Crippen LogP contribution in [0.15, 0.2) is 35.0 Å². The van der Waals surface area contributed by atoms with Gasteiger partial charge in [0.05, 0.1) is 36.0 Å². The van der Waals surface area contributed by atoms with Crippen LogP contribution in [0.3, 0.4) is 0 Å². The first-order chi connectivity index (χ1) is 22.6. The summed E-state index contributed by atoms with van der Waals surface area (Å²) in [5.41, 5.74) is -2.16. The highest BCUT2D eigenvalue weighted by atomic mass is 19.4. The fourth-order valence-electron chi connectivity index (χ4n) is 6.47. The number of hydrogen-bond donors (Lipinski definition) is 0. The summed E-state index contributed by atoms with van der Waals surface area (Å²) < 4.78 is 97.9. The lowest BCUT2D eigenvalue weighted by Gasteiger charge is -2.36. The summed E-state index contributed by atoms with van der Waals surface area (Å²) in [6, 6.07) is 2.07. The van der Waals surface area contributed by atoms with Crippen LogP contribution in [0.1, 0.15) is 97.3 Å². The van der Waals surface area contributed by atoms with E-state index in [2.05, 4.69) is 10.1 Å². The molecule has 1 saturated heterocycles. The smallest absolute Gasteiger partial charge is 0.416 e. The molecule has 15 heteroatoms. The molecule has 9 nitrogen and oxygen atoms in total. The zero-order chi connectivity index (χ0) is 35.0. The molecule has 0 spiro atoms. The molecule has 2 aromatic heterocycles. The number of aryl methyl sites for hydroxylation is 1. The average molecular weight is 683 g/mol. The van der Waals surface area contributed by atoms with Crippen LogP contribution >= 0.6 is 0 Å². The summed E-state index contributed by atoms with van der Waals surface area (Å²) in [6.07, 6.45) is -5.92. The Morgan fingerprint density at radius 3 is 2.25 bits per heavy atom.